The van der Waals surface area contributed by atoms with E-state index in [9.17, 15) is 5.11 Å². The summed E-state index contributed by atoms with van der Waals surface area (Å²) >= 11 is 0. The lowest BCUT2D eigenvalue weighted by atomic mass is 10.1. The van der Waals surface area contributed by atoms with E-state index in [1.165, 1.54) is 0 Å². The molecule has 5 nitrogen and oxygen atoms in total. The molecule has 0 aliphatic carbocycles. The highest BCUT2D eigenvalue weighted by Gasteiger charge is 2.08. The molecule has 0 radical (unpaired) electrons. The van der Waals surface area contributed by atoms with Crippen molar-refractivity contribution in [3.05, 3.63) is 42.1 Å². The number of benzene rings is 1. The van der Waals surface area contributed by atoms with Gasteiger partial charge in [0, 0.05) is 20.3 Å². The van der Waals surface area contributed by atoms with Crippen LogP contribution in [-0.2, 0) is 0 Å². The van der Waals surface area contributed by atoms with Crippen LogP contribution in [0.15, 0.2) is 36.5 Å². The highest BCUT2D eigenvalue weighted by atomic mass is 16.3. The molecule has 0 aliphatic heterocycles. The molecule has 2 rings (SSSR count). The predicted octanol–water partition coefficient (Wildman–Crippen LogP) is 2.42. The van der Waals surface area contributed by atoms with Crippen molar-refractivity contribution in [1.29, 1.82) is 0 Å². The van der Waals surface area contributed by atoms with E-state index in [0.29, 0.717) is 5.95 Å². The third kappa shape index (κ3) is 3.34. The second-order valence-electron chi connectivity index (χ2n) is 4.59. The van der Waals surface area contributed by atoms with Crippen molar-refractivity contribution in [1.82, 2.24) is 9.97 Å². The average molecular weight is 258 g/mol. The van der Waals surface area contributed by atoms with Gasteiger partial charge < -0.3 is 15.3 Å². The molecule has 2 aromatic rings. The van der Waals surface area contributed by atoms with Gasteiger partial charge in [-0.25, -0.2) is 4.98 Å². The highest BCUT2D eigenvalue weighted by Crippen LogP contribution is 2.21. The lowest BCUT2D eigenvalue weighted by Crippen LogP contribution is -2.14. The van der Waals surface area contributed by atoms with Crippen LogP contribution in [0.1, 0.15) is 18.5 Å². The zero-order valence-electron chi connectivity index (χ0n) is 11.3. The quantitative estimate of drug-likeness (QED) is 0.882. The Bertz CT molecular complexity index is 557. The van der Waals surface area contributed by atoms with E-state index in [2.05, 4.69) is 15.3 Å². The lowest BCUT2D eigenvalue weighted by Gasteiger charge is -2.16. The van der Waals surface area contributed by atoms with Crippen molar-refractivity contribution in [2.75, 3.05) is 24.3 Å². The van der Waals surface area contributed by atoms with Crippen LogP contribution in [0.4, 0.5) is 11.8 Å². The number of anilines is 2. The van der Waals surface area contributed by atoms with E-state index >= 15 is 0 Å². The van der Waals surface area contributed by atoms with Crippen LogP contribution in [0.3, 0.4) is 0 Å². The summed E-state index contributed by atoms with van der Waals surface area (Å²) in [6.07, 6.45) is 1.72. The molecule has 0 bridgehead atoms. The highest BCUT2D eigenvalue weighted by molar-refractivity contribution is 5.42. The van der Waals surface area contributed by atoms with Gasteiger partial charge in [0.05, 0.1) is 6.04 Å². The molecule has 5 heteroatoms. The second-order valence-corrected chi connectivity index (χ2v) is 4.59. The summed E-state index contributed by atoms with van der Waals surface area (Å²) in [5, 5.41) is 12.7. The first-order valence-corrected chi connectivity index (χ1v) is 6.12. The number of rotatable bonds is 4. The standard InChI is InChI=1S/C14H18N4O/c1-10(11-5-4-6-12(19)9-11)16-14-15-8-7-13(17-14)18(2)3/h4-10,19H,1-3H3,(H,15,16,17). The summed E-state index contributed by atoms with van der Waals surface area (Å²) < 4.78 is 0. The maximum Gasteiger partial charge on any atom is 0.225 e. The van der Waals surface area contributed by atoms with E-state index in [-0.39, 0.29) is 11.8 Å². The average Bonchev–Trinajstić information content (AvgIpc) is 2.39. The molecule has 0 fully saturated rings. The first kappa shape index (κ1) is 13.1. The van der Waals surface area contributed by atoms with Gasteiger partial charge in [-0.2, -0.15) is 4.98 Å². The Morgan fingerprint density at radius 2 is 2.05 bits per heavy atom. The number of aromatic nitrogens is 2. The Balaban J connectivity index is 2.14. The minimum atomic E-state index is 0.0181. The monoisotopic (exact) mass is 258 g/mol. The molecular weight excluding hydrogens is 240 g/mol. The molecule has 0 spiro atoms. The molecule has 0 saturated carbocycles. The number of phenolic OH excluding ortho intramolecular Hbond substituents is 1. The number of nitrogens with zero attached hydrogens (tertiary/aromatic N) is 3. The summed E-state index contributed by atoms with van der Waals surface area (Å²) in [6, 6.07) is 9.02. The third-order valence-electron chi connectivity index (χ3n) is 2.81. The molecule has 1 atom stereocenters. The summed E-state index contributed by atoms with van der Waals surface area (Å²) in [7, 11) is 3.87. The number of phenols is 1. The van der Waals surface area contributed by atoms with Gasteiger partial charge in [0.25, 0.3) is 0 Å². The molecule has 1 aromatic carbocycles. The maximum absolute atomic E-state index is 9.48. The second kappa shape index (κ2) is 5.56. The molecular formula is C14H18N4O. The minimum absolute atomic E-state index is 0.0181. The van der Waals surface area contributed by atoms with Gasteiger partial charge in [-0.3, -0.25) is 0 Å². The third-order valence-corrected chi connectivity index (χ3v) is 2.81. The Kier molecular flexibility index (Phi) is 3.85. The molecule has 19 heavy (non-hydrogen) atoms. The molecule has 1 unspecified atom stereocenters. The van der Waals surface area contributed by atoms with E-state index in [1.807, 2.05) is 44.1 Å². The van der Waals surface area contributed by atoms with Crippen LogP contribution in [0.25, 0.3) is 0 Å². The molecule has 0 saturated heterocycles. The van der Waals surface area contributed by atoms with E-state index < -0.39 is 0 Å². The van der Waals surface area contributed by atoms with E-state index in [0.717, 1.165) is 11.4 Å². The van der Waals surface area contributed by atoms with Crippen LogP contribution in [0.2, 0.25) is 0 Å². The van der Waals surface area contributed by atoms with Crippen LogP contribution in [-0.4, -0.2) is 29.2 Å². The van der Waals surface area contributed by atoms with Crippen molar-refractivity contribution in [3.63, 3.8) is 0 Å². The SMILES string of the molecule is CC(Nc1nccc(N(C)C)n1)c1cccc(O)c1. The summed E-state index contributed by atoms with van der Waals surface area (Å²) in [5.74, 6) is 1.68. The van der Waals surface area contributed by atoms with Crippen molar-refractivity contribution in [3.8, 4) is 5.75 Å². The van der Waals surface area contributed by atoms with Gasteiger partial charge >= 0.3 is 0 Å². The van der Waals surface area contributed by atoms with E-state index in [1.54, 1.807) is 18.3 Å². The zero-order chi connectivity index (χ0) is 13.8. The molecule has 1 heterocycles. The van der Waals surface area contributed by atoms with E-state index in [4.69, 9.17) is 0 Å². The smallest absolute Gasteiger partial charge is 0.225 e. The van der Waals surface area contributed by atoms with Gasteiger partial charge in [-0.05, 0) is 30.7 Å². The maximum atomic E-state index is 9.48. The van der Waals surface area contributed by atoms with Crippen molar-refractivity contribution < 1.29 is 5.11 Å². The first-order chi connectivity index (χ1) is 9.06. The van der Waals surface area contributed by atoms with Gasteiger partial charge in [0.1, 0.15) is 11.6 Å². The minimum Gasteiger partial charge on any atom is -0.508 e. The van der Waals surface area contributed by atoms with Gasteiger partial charge in [0.2, 0.25) is 5.95 Å². The summed E-state index contributed by atoms with van der Waals surface area (Å²) in [6.45, 7) is 2.00. The molecule has 2 N–H and O–H groups in total. The van der Waals surface area contributed by atoms with Gasteiger partial charge in [-0.15, -0.1) is 0 Å². The fourth-order valence-corrected chi connectivity index (χ4v) is 1.74. The number of hydrogen-bond acceptors (Lipinski definition) is 5. The van der Waals surface area contributed by atoms with Crippen molar-refractivity contribution in [2.24, 2.45) is 0 Å². The summed E-state index contributed by atoms with van der Waals surface area (Å²) in [5.41, 5.74) is 0.985. The number of hydrogen-bond donors (Lipinski definition) is 2. The Labute approximate surface area is 112 Å². The Morgan fingerprint density at radius 3 is 2.74 bits per heavy atom. The van der Waals surface area contributed by atoms with Crippen molar-refractivity contribution >= 4 is 11.8 Å². The molecule has 1 aromatic heterocycles. The largest absolute Gasteiger partial charge is 0.508 e. The van der Waals surface area contributed by atoms with Crippen LogP contribution >= 0.6 is 0 Å². The Hall–Kier alpha value is -2.30. The normalized spacial score (nSPS) is 11.9. The Morgan fingerprint density at radius 1 is 1.26 bits per heavy atom. The van der Waals surface area contributed by atoms with Crippen LogP contribution < -0.4 is 10.2 Å². The molecule has 100 valence electrons. The molecule has 0 amide bonds. The number of nitrogens with one attached hydrogen (secondary N) is 1. The first-order valence-electron chi connectivity index (χ1n) is 6.12. The zero-order valence-corrected chi connectivity index (χ0v) is 11.3. The fraction of sp³-hybridized carbons (Fsp3) is 0.286. The van der Waals surface area contributed by atoms with Gasteiger partial charge in [0.15, 0.2) is 0 Å². The van der Waals surface area contributed by atoms with Crippen LogP contribution in [0.5, 0.6) is 5.75 Å². The fourth-order valence-electron chi connectivity index (χ4n) is 1.74. The van der Waals surface area contributed by atoms with Crippen molar-refractivity contribution in [2.45, 2.75) is 13.0 Å². The lowest BCUT2D eigenvalue weighted by molar-refractivity contribution is 0.474. The van der Waals surface area contributed by atoms with Gasteiger partial charge in [-0.1, -0.05) is 12.1 Å². The topological polar surface area (TPSA) is 61.3 Å². The summed E-state index contributed by atoms with van der Waals surface area (Å²) in [4.78, 5) is 10.5. The predicted molar refractivity (Wildman–Crippen MR) is 76.5 cm³/mol. The number of aromatic hydroxyl groups is 1. The van der Waals surface area contributed by atoms with Crippen LogP contribution in [0, 0.1) is 0 Å². The molecule has 0 aliphatic rings.